The number of hydrogen-bond acceptors (Lipinski definition) is 3. The molecule has 4 rings (SSSR count). The highest BCUT2D eigenvalue weighted by Crippen LogP contribution is 2.41. The molecule has 0 aliphatic heterocycles. The van der Waals surface area contributed by atoms with Crippen LogP contribution in [0.5, 0.6) is 5.75 Å². The number of methoxy groups -OCH3 is 1. The predicted octanol–water partition coefficient (Wildman–Crippen LogP) is 4.53. The minimum atomic E-state index is -0.00899. The maximum Gasteiger partial charge on any atom is 0.237 e. The fourth-order valence-electron chi connectivity index (χ4n) is 4.74. The van der Waals surface area contributed by atoms with Crippen molar-refractivity contribution >= 4 is 5.91 Å². The fourth-order valence-corrected chi connectivity index (χ4v) is 4.74. The Hall–Kier alpha value is -3.11. The van der Waals surface area contributed by atoms with Crippen LogP contribution in [0.4, 0.5) is 0 Å². The van der Waals surface area contributed by atoms with Gasteiger partial charge in [0.25, 0.3) is 0 Å². The van der Waals surface area contributed by atoms with Gasteiger partial charge in [-0.05, 0) is 59.6 Å². The second-order valence-corrected chi connectivity index (χ2v) is 8.21. The van der Waals surface area contributed by atoms with E-state index in [1.165, 1.54) is 16.7 Å². The topological polar surface area (TPSA) is 55.6 Å². The van der Waals surface area contributed by atoms with Crippen molar-refractivity contribution in [3.05, 3.63) is 101 Å². The van der Waals surface area contributed by atoms with Gasteiger partial charge in [-0.15, -0.1) is 0 Å². The van der Waals surface area contributed by atoms with Gasteiger partial charge in [-0.3, -0.25) is 4.79 Å². The summed E-state index contributed by atoms with van der Waals surface area (Å²) in [5, 5.41) is 0. The molecule has 0 heterocycles. The summed E-state index contributed by atoms with van der Waals surface area (Å²) in [5.41, 5.74) is 10.8. The minimum absolute atomic E-state index is 0.00306. The Morgan fingerprint density at radius 3 is 2.39 bits per heavy atom. The predicted molar refractivity (Wildman–Crippen MR) is 124 cm³/mol. The van der Waals surface area contributed by atoms with E-state index < -0.39 is 0 Å². The molecule has 0 aromatic heterocycles. The standard InChI is InChI=1S/C27H30N2O2/c1-31-24-15-11-20(12-16-24)17-23-14-13-22-9-5-6-10-25(22)27(23)29(26(30)18-28)19-21-7-3-2-4-8-21/h2-12,15-16,23,27H,13-14,17-19,28H2,1H3. The fraction of sp³-hybridized carbons (Fsp3) is 0.296. The normalized spacial score (nSPS) is 17.6. The molecule has 2 atom stereocenters. The van der Waals surface area contributed by atoms with Crippen LogP contribution in [0.15, 0.2) is 78.9 Å². The average Bonchev–Trinajstić information content (AvgIpc) is 2.83. The van der Waals surface area contributed by atoms with E-state index in [-0.39, 0.29) is 18.5 Å². The monoisotopic (exact) mass is 414 g/mol. The van der Waals surface area contributed by atoms with Crippen molar-refractivity contribution < 1.29 is 9.53 Å². The van der Waals surface area contributed by atoms with Crippen molar-refractivity contribution in [1.82, 2.24) is 4.90 Å². The molecule has 160 valence electrons. The lowest BCUT2D eigenvalue weighted by molar-refractivity contribution is -0.134. The number of carbonyl (C=O) groups is 1. The second kappa shape index (κ2) is 9.80. The highest BCUT2D eigenvalue weighted by Gasteiger charge is 2.36. The van der Waals surface area contributed by atoms with E-state index in [0.29, 0.717) is 12.5 Å². The summed E-state index contributed by atoms with van der Waals surface area (Å²) in [5.74, 6) is 1.17. The summed E-state index contributed by atoms with van der Waals surface area (Å²) >= 11 is 0. The van der Waals surface area contributed by atoms with Crippen LogP contribution in [-0.4, -0.2) is 24.5 Å². The smallest absolute Gasteiger partial charge is 0.237 e. The van der Waals surface area contributed by atoms with Gasteiger partial charge in [0.2, 0.25) is 5.91 Å². The van der Waals surface area contributed by atoms with Gasteiger partial charge in [-0.25, -0.2) is 0 Å². The molecule has 1 aliphatic carbocycles. The number of nitrogens with zero attached hydrogens (tertiary/aromatic N) is 1. The molecule has 0 radical (unpaired) electrons. The lowest BCUT2D eigenvalue weighted by Gasteiger charge is -2.41. The molecule has 3 aromatic carbocycles. The number of aryl methyl sites for hydroxylation is 1. The Balaban J connectivity index is 1.70. The van der Waals surface area contributed by atoms with Crippen LogP contribution in [-0.2, 0) is 24.2 Å². The van der Waals surface area contributed by atoms with Gasteiger partial charge in [0.05, 0.1) is 19.7 Å². The van der Waals surface area contributed by atoms with E-state index in [2.05, 4.69) is 48.5 Å². The number of hydrogen-bond donors (Lipinski definition) is 1. The summed E-state index contributed by atoms with van der Waals surface area (Å²) in [6, 6.07) is 27.0. The molecular weight excluding hydrogens is 384 g/mol. The zero-order valence-electron chi connectivity index (χ0n) is 18.0. The number of fused-ring (bicyclic) bond motifs is 1. The number of nitrogens with two attached hydrogens (primary N) is 1. The Morgan fingerprint density at radius 1 is 0.968 bits per heavy atom. The molecule has 3 aromatic rings. The number of ether oxygens (including phenoxy) is 1. The molecule has 0 spiro atoms. The first-order chi connectivity index (χ1) is 15.2. The van der Waals surface area contributed by atoms with Crippen LogP contribution in [0.2, 0.25) is 0 Å². The molecule has 0 saturated heterocycles. The van der Waals surface area contributed by atoms with Crippen LogP contribution < -0.4 is 10.5 Å². The third-order valence-corrected chi connectivity index (χ3v) is 6.29. The van der Waals surface area contributed by atoms with E-state index in [4.69, 9.17) is 10.5 Å². The molecule has 2 N–H and O–H groups in total. The van der Waals surface area contributed by atoms with Gasteiger partial charge in [-0.2, -0.15) is 0 Å². The van der Waals surface area contributed by atoms with Crippen molar-refractivity contribution in [2.45, 2.75) is 31.8 Å². The first kappa shape index (κ1) is 21.1. The third-order valence-electron chi connectivity index (χ3n) is 6.29. The van der Waals surface area contributed by atoms with Gasteiger partial charge in [0.15, 0.2) is 0 Å². The first-order valence-corrected chi connectivity index (χ1v) is 10.9. The molecule has 0 bridgehead atoms. The maximum atomic E-state index is 13.1. The Bertz CT molecular complexity index is 1000. The van der Waals surface area contributed by atoms with Gasteiger partial charge >= 0.3 is 0 Å². The lowest BCUT2D eigenvalue weighted by atomic mass is 9.76. The van der Waals surface area contributed by atoms with Crippen LogP contribution in [0, 0.1) is 5.92 Å². The summed E-state index contributed by atoms with van der Waals surface area (Å²) < 4.78 is 5.31. The van der Waals surface area contributed by atoms with E-state index in [9.17, 15) is 4.79 Å². The molecule has 1 aliphatic rings. The van der Waals surface area contributed by atoms with E-state index in [1.54, 1.807) is 7.11 Å². The molecule has 0 fully saturated rings. The van der Waals surface area contributed by atoms with Gasteiger partial charge in [-0.1, -0.05) is 66.7 Å². The quantitative estimate of drug-likeness (QED) is 0.618. The van der Waals surface area contributed by atoms with Crippen LogP contribution in [0.1, 0.15) is 34.7 Å². The highest BCUT2D eigenvalue weighted by molar-refractivity contribution is 5.78. The van der Waals surface area contributed by atoms with Crippen molar-refractivity contribution in [3.8, 4) is 5.75 Å². The second-order valence-electron chi connectivity index (χ2n) is 8.21. The minimum Gasteiger partial charge on any atom is -0.497 e. The average molecular weight is 415 g/mol. The van der Waals surface area contributed by atoms with Crippen LogP contribution in [0.3, 0.4) is 0 Å². The SMILES string of the molecule is COc1ccc(CC2CCc3ccccc3C2N(Cc2ccccc2)C(=O)CN)cc1. The Labute approximate surface area is 184 Å². The summed E-state index contributed by atoms with van der Waals surface area (Å²) in [4.78, 5) is 15.1. The van der Waals surface area contributed by atoms with Crippen molar-refractivity contribution in [2.24, 2.45) is 11.7 Å². The van der Waals surface area contributed by atoms with Crippen LogP contribution >= 0.6 is 0 Å². The summed E-state index contributed by atoms with van der Waals surface area (Å²) in [7, 11) is 1.68. The molecule has 2 unspecified atom stereocenters. The van der Waals surface area contributed by atoms with E-state index in [0.717, 1.165) is 30.6 Å². The van der Waals surface area contributed by atoms with Gasteiger partial charge in [0, 0.05) is 6.54 Å². The van der Waals surface area contributed by atoms with Gasteiger partial charge < -0.3 is 15.4 Å². The molecule has 1 amide bonds. The zero-order valence-corrected chi connectivity index (χ0v) is 18.0. The first-order valence-electron chi connectivity index (χ1n) is 10.9. The Kier molecular flexibility index (Phi) is 6.68. The van der Waals surface area contributed by atoms with Crippen molar-refractivity contribution in [1.29, 1.82) is 0 Å². The highest BCUT2D eigenvalue weighted by atomic mass is 16.5. The number of rotatable bonds is 7. The van der Waals surface area contributed by atoms with Crippen molar-refractivity contribution in [3.63, 3.8) is 0 Å². The Morgan fingerprint density at radius 2 is 1.68 bits per heavy atom. The van der Waals surface area contributed by atoms with E-state index in [1.807, 2.05) is 35.2 Å². The summed E-state index contributed by atoms with van der Waals surface area (Å²) in [6.07, 6.45) is 2.98. The number of amides is 1. The van der Waals surface area contributed by atoms with E-state index >= 15 is 0 Å². The molecule has 4 nitrogen and oxygen atoms in total. The van der Waals surface area contributed by atoms with Crippen LogP contribution in [0.25, 0.3) is 0 Å². The largest absolute Gasteiger partial charge is 0.497 e. The molecule has 31 heavy (non-hydrogen) atoms. The molecule has 0 saturated carbocycles. The van der Waals surface area contributed by atoms with Gasteiger partial charge in [0.1, 0.15) is 5.75 Å². The molecule has 4 heteroatoms. The maximum absolute atomic E-state index is 13.1. The number of benzene rings is 3. The number of carbonyl (C=O) groups excluding carboxylic acids is 1. The summed E-state index contributed by atoms with van der Waals surface area (Å²) in [6.45, 7) is 0.579. The molecular formula is C27H30N2O2. The van der Waals surface area contributed by atoms with Crippen molar-refractivity contribution in [2.75, 3.05) is 13.7 Å². The lowest BCUT2D eigenvalue weighted by Crippen LogP contribution is -2.43. The third kappa shape index (κ3) is 4.80. The zero-order chi connectivity index (χ0) is 21.6.